The van der Waals surface area contributed by atoms with Crippen molar-refractivity contribution in [3.05, 3.63) is 11.9 Å². The monoisotopic (exact) mass is 242 g/mol. The summed E-state index contributed by atoms with van der Waals surface area (Å²) in [7, 11) is 0. The molecule has 1 rings (SSSR count). The zero-order valence-electron chi connectivity index (χ0n) is 10.4. The maximum Gasteiger partial charge on any atom is 0.0969 e. The average molecular weight is 242 g/mol. The quantitative estimate of drug-likeness (QED) is 0.593. The molecule has 0 saturated heterocycles. The predicted molar refractivity (Wildman–Crippen MR) is 64.5 cm³/mol. The molecule has 98 valence electrons. The topological polar surface area (TPSA) is 86.2 Å². The Hall–Kier alpha value is -0.980. The van der Waals surface area contributed by atoms with Crippen molar-refractivity contribution in [1.29, 1.82) is 0 Å². The first-order valence-corrected chi connectivity index (χ1v) is 6.11. The fourth-order valence-corrected chi connectivity index (χ4v) is 1.52. The largest absolute Gasteiger partial charge is 0.389 e. The minimum absolute atomic E-state index is 0.332. The molecule has 0 fully saturated rings. The van der Waals surface area contributed by atoms with Gasteiger partial charge in [0.15, 0.2) is 0 Å². The van der Waals surface area contributed by atoms with Crippen molar-refractivity contribution < 1.29 is 9.84 Å². The molecule has 0 aliphatic heterocycles. The standard InChI is InChI=1S/C11H22N4O2/c1-2-17-9-11(16)8-15-7-10(13-14-15)5-3-4-6-12/h7,11,16H,2-6,8-9,12H2,1H3. The van der Waals surface area contributed by atoms with Gasteiger partial charge in [0, 0.05) is 12.8 Å². The lowest BCUT2D eigenvalue weighted by atomic mass is 10.2. The van der Waals surface area contributed by atoms with Crippen molar-refractivity contribution in [2.24, 2.45) is 5.73 Å². The molecule has 0 aliphatic rings. The van der Waals surface area contributed by atoms with Gasteiger partial charge in [0.05, 0.1) is 24.9 Å². The van der Waals surface area contributed by atoms with Crippen LogP contribution in [-0.4, -0.2) is 46.0 Å². The zero-order chi connectivity index (χ0) is 12.5. The number of hydrogen-bond acceptors (Lipinski definition) is 5. The highest BCUT2D eigenvalue weighted by molar-refractivity contribution is 4.92. The first kappa shape index (κ1) is 14.1. The van der Waals surface area contributed by atoms with Crippen LogP contribution in [0.4, 0.5) is 0 Å². The van der Waals surface area contributed by atoms with Gasteiger partial charge >= 0.3 is 0 Å². The van der Waals surface area contributed by atoms with E-state index in [1.54, 1.807) is 4.68 Å². The number of aromatic nitrogens is 3. The third-order valence-corrected chi connectivity index (χ3v) is 2.39. The molecule has 0 spiro atoms. The molecule has 1 aromatic heterocycles. The van der Waals surface area contributed by atoms with Crippen LogP contribution in [0.15, 0.2) is 6.20 Å². The maximum absolute atomic E-state index is 9.63. The molecule has 6 heteroatoms. The van der Waals surface area contributed by atoms with Crippen molar-refractivity contribution in [2.45, 2.75) is 38.8 Å². The van der Waals surface area contributed by atoms with Crippen LogP contribution in [0, 0.1) is 0 Å². The highest BCUT2D eigenvalue weighted by Crippen LogP contribution is 2.01. The molecule has 0 amide bonds. The SMILES string of the molecule is CCOCC(O)Cn1cc(CCCCN)nn1. The van der Waals surface area contributed by atoms with Gasteiger partial charge in [0.25, 0.3) is 0 Å². The lowest BCUT2D eigenvalue weighted by Crippen LogP contribution is -2.22. The number of nitrogens with zero attached hydrogens (tertiary/aromatic N) is 3. The second-order valence-electron chi connectivity index (χ2n) is 3.99. The third kappa shape index (κ3) is 5.76. The van der Waals surface area contributed by atoms with Crippen molar-refractivity contribution in [3.63, 3.8) is 0 Å². The minimum atomic E-state index is -0.534. The minimum Gasteiger partial charge on any atom is -0.389 e. The zero-order valence-corrected chi connectivity index (χ0v) is 10.4. The molecule has 1 heterocycles. The van der Waals surface area contributed by atoms with Crippen molar-refractivity contribution >= 4 is 0 Å². The molecule has 0 saturated carbocycles. The van der Waals surface area contributed by atoms with Crippen LogP contribution in [0.2, 0.25) is 0 Å². The van der Waals surface area contributed by atoms with E-state index in [4.69, 9.17) is 10.5 Å². The van der Waals surface area contributed by atoms with E-state index in [9.17, 15) is 5.11 Å². The number of hydrogen-bond donors (Lipinski definition) is 2. The predicted octanol–water partition coefficient (Wildman–Crippen LogP) is -0.0431. The van der Waals surface area contributed by atoms with Crippen LogP contribution < -0.4 is 5.73 Å². The number of aliphatic hydroxyl groups excluding tert-OH is 1. The first-order chi connectivity index (χ1) is 8.26. The van der Waals surface area contributed by atoms with Crippen LogP contribution in [0.1, 0.15) is 25.5 Å². The Kier molecular flexibility index (Phi) is 6.76. The fraction of sp³-hybridized carbons (Fsp3) is 0.818. The summed E-state index contributed by atoms with van der Waals surface area (Å²) in [4.78, 5) is 0. The second-order valence-corrected chi connectivity index (χ2v) is 3.99. The van der Waals surface area contributed by atoms with Gasteiger partial charge in [0.1, 0.15) is 0 Å². The summed E-state index contributed by atoms with van der Waals surface area (Å²) >= 11 is 0. The molecule has 0 radical (unpaired) electrons. The van der Waals surface area contributed by atoms with E-state index < -0.39 is 6.10 Å². The van der Waals surface area contributed by atoms with Crippen molar-refractivity contribution in [3.8, 4) is 0 Å². The third-order valence-electron chi connectivity index (χ3n) is 2.39. The number of aliphatic hydroxyl groups is 1. The van der Waals surface area contributed by atoms with Crippen LogP contribution in [-0.2, 0) is 17.7 Å². The Bertz CT molecular complexity index is 303. The molecule has 17 heavy (non-hydrogen) atoms. The molecule has 6 nitrogen and oxygen atoms in total. The Morgan fingerprint density at radius 3 is 3.06 bits per heavy atom. The van der Waals surface area contributed by atoms with Gasteiger partial charge in [-0.25, -0.2) is 4.68 Å². The normalized spacial score (nSPS) is 12.9. The van der Waals surface area contributed by atoms with Gasteiger partial charge < -0.3 is 15.6 Å². The number of aryl methyl sites for hydroxylation is 1. The van der Waals surface area contributed by atoms with E-state index in [2.05, 4.69) is 10.3 Å². The van der Waals surface area contributed by atoms with Crippen LogP contribution >= 0.6 is 0 Å². The fourth-order valence-electron chi connectivity index (χ4n) is 1.52. The van der Waals surface area contributed by atoms with Gasteiger partial charge in [-0.2, -0.15) is 0 Å². The van der Waals surface area contributed by atoms with E-state index in [0.29, 0.717) is 26.3 Å². The summed E-state index contributed by atoms with van der Waals surface area (Å²) in [6.07, 6.45) is 4.24. The average Bonchev–Trinajstić information content (AvgIpc) is 2.74. The van der Waals surface area contributed by atoms with Gasteiger partial charge in [-0.3, -0.25) is 0 Å². The van der Waals surface area contributed by atoms with Crippen LogP contribution in [0.25, 0.3) is 0 Å². The number of ether oxygens (including phenoxy) is 1. The second kappa shape index (κ2) is 8.16. The molecular weight excluding hydrogens is 220 g/mol. The summed E-state index contributed by atoms with van der Waals surface area (Å²) in [5.41, 5.74) is 6.37. The Labute approximate surface area is 102 Å². The lowest BCUT2D eigenvalue weighted by molar-refractivity contribution is 0.0313. The number of rotatable bonds is 9. The molecule has 1 unspecified atom stereocenters. The van der Waals surface area contributed by atoms with Crippen molar-refractivity contribution in [1.82, 2.24) is 15.0 Å². The summed E-state index contributed by atoms with van der Waals surface area (Å²) in [6.45, 7) is 3.97. The highest BCUT2D eigenvalue weighted by Gasteiger charge is 2.07. The molecule has 0 aliphatic carbocycles. The van der Waals surface area contributed by atoms with E-state index >= 15 is 0 Å². The Morgan fingerprint density at radius 1 is 1.53 bits per heavy atom. The Morgan fingerprint density at radius 2 is 2.35 bits per heavy atom. The first-order valence-electron chi connectivity index (χ1n) is 6.11. The molecule has 3 N–H and O–H groups in total. The Balaban J connectivity index is 2.29. The molecular formula is C11H22N4O2. The van der Waals surface area contributed by atoms with Crippen LogP contribution in [0.3, 0.4) is 0 Å². The molecule has 0 aromatic carbocycles. The van der Waals surface area contributed by atoms with Gasteiger partial charge in [0.2, 0.25) is 0 Å². The van der Waals surface area contributed by atoms with Crippen molar-refractivity contribution in [2.75, 3.05) is 19.8 Å². The number of unbranched alkanes of at least 4 members (excludes halogenated alkanes) is 1. The molecule has 1 atom stereocenters. The number of nitrogens with two attached hydrogens (primary N) is 1. The maximum atomic E-state index is 9.63. The van der Waals surface area contributed by atoms with E-state index in [-0.39, 0.29) is 0 Å². The highest BCUT2D eigenvalue weighted by atomic mass is 16.5. The molecule has 1 aromatic rings. The molecule has 0 bridgehead atoms. The van der Waals surface area contributed by atoms with E-state index in [0.717, 1.165) is 25.0 Å². The lowest BCUT2D eigenvalue weighted by Gasteiger charge is -2.09. The van der Waals surface area contributed by atoms with Gasteiger partial charge in [-0.05, 0) is 32.7 Å². The summed E-state index contributed by atoms with van der Waals surface area (Å²) in [5, 5.41) is 17.6. The van der Waals surface area contributed by atoms with Crippen LogP contribution in [0.5, 0.6) is 0 Å². The summed E-state index contributed by atoms with van der Waals surface area (Å²) in [6, 6.07) is 0. The smallest absolute Gasteiger partial charge is 0.0969 e. The van der Waals surface area contributed by atoms with Gasteiger partial charge in [-0.1, -0.05) is 5.21 Å². The summed E-state index contributed by atoms with van der Waals surface area (Å²) < 4.78 is 6.78. The van der Waals surface area contributed by atoms with E-state index in [1.807, 2.05) is 13.1 Å². The summed E-state index contributed by atoms with van der Waals surface area (Å²) in [5.74, 6) is 0. The van der Waals surface area contributed by atoms with E-state index in [1.165, 1.54) is 0 Å². The van der Waals surface area contributed by atoms with Gasteiger partial charge in [-0.15, -0.1) is 5.10 Å².